The fraction of sp³-hybridized carbons (Fsp3) is 0.833. The van der Waals surface area contributed by atoms with Crippen molar-refractivity contribution >= 4 is 0 Å². The van der Waals surface area contributed by atoms with Crippen molar-refractivity contribution in [3.05, 3.63) is 11.9 Å². The number of aromatic nitrogens is 3. The van der Waals surface area contributed by atoms with E-state index in [9.17, 15) is 5.11 Å². The third-order valence-electron chi connectivity index (χ3n) is 3.05. The Balaban J connectivity index is 1.71. The van der Waals surface area contributed by atoms with Crippen LogP contribution in [0.15, 0.2) is 6.20 Å². The van der Waals surface area contributed by atoms with Crippen molar-refractivity contribution in [3.63, 3.8) is 0 Å². The Bertz CT molecular complexity index is 350. The van der Waals surface area contributed by atoms with Gasteiger partial charge in [0, 0.05) is 6.61 Å². The molecule has 6 heteroatoms. The molecule has 0 spiro atoms. The van der Waals surface area contributed by atoms with Crippen LogP contribution in [0.4, 0.5) is 0 Å². The summed E-state index contributed by atoms with van der Waals surface area (Å²) in [5.41, 5.74) is 0.617. The lowest BCUT2D eigenvalue weighted by Gasteiger charge is -2.22. The molecule has 2 rings (SSSR count). The normalized spacial score (nSPS) is 22.0. The van der Waals surface area contributed by atoms with Crippen molar-refractivity contribution in [1.82, 2.24) is 15.0 Å². The Labute approximate surface area is 107 Å². The summed E-state index contributed by atoms with van der Waals surface area (Å²) in [7, 11) is 0. The van der Waals surface area contributed by atoms with E-state index in [-0.39, 0.29) is 6.29 Å². The van der Waals surface area contributed by atoms with E-state index in [1.165, 1.54) is 6.42 Å². The Morgan fingerprint density at radius 3 is 3.22 bits per heavy atom. The van der Waals surface area contributed by atoms with E-state index < -0.39 is 6.10 Å². The molecule has 1 N–H and O–H groups in total. The largest absolute Gasteiger partial charge is 0.387 e. The van der Waals surface area contributed by atoms with Gasteiger partial charge in [-0.1, -0.05) is 12.1 Å². The molecule has 0 aliphatic carbocycles. The molecule has 0 aromatic carbocycles. The van der Waals surface area contributed by atoms with Crippen molar-refractivity contribution in [3.8, 4) is 0 Å². The van der Waals surface area contributed by atoms with E-state index in [1.54, 1.807) is 10.9 Å². The third-order valence-corrected chi connectivity index (χ3v) is 3.05. The third kappa shape index (κ3) is 3.76. The van der Waals surface area contributed by atoms with Crippen LogP contribution >= 0.6 is 0 Å². The maximum atomic E-state index is 9.60. The van der Waals surface area contributed by atoms with E-state index in [4.69, 9.17) is 9.47 Å². The van der Waals surface area contributed by atoms with Gasteiger partial charge >= 0.3 is 0 Å². The van der Waals surface area contributed by atoms with Gasteiger partial charge in [-0.3, -0.25) is 0 Å². The molecule has 1 aliphatic heterocycles. The van der Waals surface area contributed by atoms with Crippen molar-refractivity contribution in [1.29, 1.82) is 0 Å². The predicted octanol–water partition coefficient (Wildman–Crippen LogP) is 1.26. The van der Waals surface area contributed by atoms with Crippen LogP contribution in [0.25, 0.3) is 0 Å². The van der Waals surface area contributed by atoms with Crippen LogP contribution in [0, 0.1) is 0 Å². The summed E-state index contributed by atoms with van der Waals surface area (Å²) in [4.78, 5) is 0. The lowest BCUT2D eigenvalue weighted by molar-refractivity contribution is -0.163. The first-order valence-corrected chi connectivity index (χ1v) is 6.61. The molecular formula is C12H21N3O3. The standard InChI is InChI=1S/C12H21N3O3/c1-2-11(16)10-9-15(14-13-10)6-8-18-12-5-3-4-7-17-12/h9,11-12,16H,2-8H2,1H3. The fourth-order valence-electron chi connectivity index (χ4n) is 1.90. The van der Waals surface area contributed by atoms with Gasteiger partial charge in [0.05, 0.1) is 25.5 Å². The minimum Gasteiger partial charge on any atom is -0.387 e. The minimum absolute atomic E-state index is 0.0667. The zero-order valence-electron chi connectivity index (χ0n) is 10.8. The molecular weight excluding hydrogens is 234 g/mol. The number of hydrogen-bond acceptors (Lipinski definition) is 5. The molecule has 0 saturated carbocycles. The summed E-state index contributed by atoms with van der Waals surface area (Å²) < 4.78 is 12.8. The van der Waals surface area contributed by atoms with Crippen LogP contribution in [0.3, 0.4) is 0 Å². The molecule has 1 saturated heterocycles. The molecule has 102 valence electrons. The van der Waals surface area contributed by atoms with Gasteiger partial charge in [-0.2, -0.15) is 0 Å². The second-order valence-electron chi connectivity index (χ2n) is 4.50. The SMILES string of the molecule is CCC(O)c1cn(CCOC2CCCCO2)nn1. The molecule has 1 fully saturated rings. The van der Waals surface area contributed by atoms with Gasteiger partial charge in [0.1, 0.15) is 5.69 Å². The highest BCUT2D eigenvalue weighted by molar-refractivity contribution is 4.96. The summed E-state index contributed by atoms with van der Waals surface area (Å²) in [6.45, 7) is 3.88. The summed E-state index contributed by atoms with van der Waals surface area (Å²) in [6, 6.07) is 0. The van der Waals surface area contributed by atoms with Gasteiger partial charge in [0.2, 0.25) is 0 Å². The monoisotopic (exact) mass is 255 g/mol. The molecule has 1 aromatic rings. The lowest BCUT2D eigenvalue weighted by atomic mass is 10.2. The van der Waals surface area contributed by atoms with Gasteiger partial charge in [0.25, 0.3) is 0 Å². The summed E-state index contributed by atoms with van der Waals surface area (Å²) in [5, 5.41) is 17.5. The van der Waals surface area contributed by atoms with E-state index >= 15 is 0 Å². The first-order valence-electron chi connectivity index (χ1n) is 6.61. The molecule has 0 amide bonds. The zero-order valence-corrected chi connectivity index (χ0v) is 10.8. The zero-order chi connectivity index (χ0) is 12.8. The first kappa shape index (κ1) is 13.5. The lowest BCUT2D eigenvalue weighted by Crippen LogP contribution is -2.24. The fourth-order valence-corrected chi connectivity index (χ4v) is 1.90. The Morgan fingerprint density at radius 1 is 1.61 bits per heavy atom. The molecule has 1 aliphatic rings. The highest BCUT2D eigenvalue weighted by Gasteiger charge is 2.14. The number of nitrogens with zero attached hydrogens (tertiary/aromatic N) is 3. The van der Waals surface area contributed by atoms with Crippen LogP contribution in [-0.2, 0) is 16.0 Å². The summed E-state index contributed by atoms with van der Waals surface area (Å²) in [6.07, 6.45) is 5.08. The van der Waals surface area contributed by atoms with Crippen molar-refractivity contribution < 1.29 is 14.6 Å². The van der Waals surface area contributed by atoms with E-state index in [0.29, 0.717) is 25.3 Å². The van der Waals surface area contributed by atoms with Crippen LogP contribution in [0.1, 0.15) is 44.4 Å². The smallest absolute Gasteiger partial charge is 0.157 e. The number of ether oxygens (including phenoxy) is 2. The van der Waals surface area contributed by atoms with Gasteiger partial charge < -0.3 is 14.6 Å². The topological polar surface area (TPSA) is 69.4 Å². The maximum absolute atomic E-state index is 9.60. The molecule has 2 unspecified atom stereocenters. The van der Waals surface area contributed by atoms with Crippen LogP contribution in [0.2, 0.25) is 0 Å². The summed E-state index contributed by atoms with van der Waals surface area (Å²) in [5.74, 6) is 0. The number of aliphatic hydroxyl groups excluding tert-OH is 1. The van der Waals surface area contributed by atoms with Crippen LogP contribution in [0.5, 0.6) is 0 Å². The molecule has 18 heavy (non-hydrogen) atoms. The van der Waals surface area contributed by atoms with Gasteiger partial charge in [0.15, 0.2) is 6.29 Å². The van der Waals surface area contributed by atoms with Crippen LogP contribution < -0.4 is 0 Å². The van der Waals surface area contributed by atoms with Crippen molar-refractivity contribution in [2.45, 2.75) is 51.5 Å². The molecule has 0 bridgehead atoms. The maximum Gasteiger partial charge on any atom is 0.157 e. The average molecular weight is 255 g/mol. The molecule has 2 heterocycles. The van der Waals surface area contributed by atoms with E-state index in [0.717, 1.165) is 19.4 Å². The number of aliphatic hydroxyl groups is 1. The highest BCUT2D eigenvalue weighted by Crippen LogP contribution is 2.14. The minimum atomic E-state index is -0.527. The Hall–Kier alpha value is -0.980. The average Bonchev–Trinajstić information content (AvgIpc) is 2.88. The quantitative estimate of drug-likeness (QED) is 0.829. The number of rotatable bonds is 6. The number of hydrogen-bond donors (Lipinski definition) is 1. The van der Waals surface area contributed by atoms with Crippen molar-refractivity contribution in [2.24, 2.45) is 0 Å². The molecule has 1 aromatic heterocycles. The Morgan fingerprint density at radius 2 is 2.50 bits per heavy atom. The van der Waals surface area contributed by atoms with E-state index in [2.05, 4.69) is 10.3 Å². The molecule has 2 atom stereocenters. The molecule has 0 radical (unpaired) electrons. The highest BCUT2D eigenvalue weighted by atomic mass is 16.7. The van der Waals surface area contributed by atoms with Crippen LogP contribution in [-0.4, -0.2) is 39.6 Å². The predicted molar refractivity (Wildman–Crippen MR) is 64.8 cm³/mol. The van der Waals surface area contributed by atoms with Gasteiger partial charge in [-0.05, 0) is 25.7 Å². The summed E-state index contributed by atoms with van der Waals surface area (Å²) >= 11 is 0. The Kier molecular flexibility index (Phi) is 5.10. The second-order valence-corrected chi connectivity index (χ2v) is 4.50. The van der Waals surface area contributed by atoms with Crippen molar-refractivity contribution in [2.75, 3.05) is 13.2 Å². The second kappa shape index (κ2) is 6.82. The van der Waals surface area contributed by atoms with Gasteiger partial charge in [-0.25, -0.2) is 4.68 Å². The van der Waals surface area contributed by atoms with Gasteiger partial charge in [-0.15, -0.1) is 5.10 Å². The molecule has 6 nitrogen and oxygen atoms in total. The first-order chi connectivity index (χ1) is 8.79. The van der Waals surface area contributed by atoms with E-state index in [1.807, 2.05) is 6.92 Å².